The Labute approximate surface area is 90.9 Å². The molecule has 0 amide bonds. The Kier molecular flexibility index (Phi) is 3.21. The number of nitrogens with two attached hydrogens (primary N) is 2. The van der Waals surface area contributed by atoms with Gasteiger partial charge in [0.05, 0.1) is 23.1 Å². The van der Waals surface area contributed by atoms with E-state index in [1.807, 2.05) is 0 Å². The topological polar surface area (TPSA) is 55.3 Å². The van der Waals surface area contributed by atoms with Crippen molar-refractivity contribution in [2.24, 2.45) is 0 Å². The summed E-state index contributed by atoms with van der Waals surface area (Å²) in [6.07, 6.45) is 0. The van der Waals surface area contributed by atoms with Gasteiger partial charge in [-0.15, -0.1) is 0 Å². The summed E-state index contributed by atoms with van der Waals surface area (Å²) in [5.41, 5.74) is 12.2. The predicted octanol–water partition coefficient (Wildman–Crippen LogP) is 2.71. The summed E-state index contributed by atoms with van der Waals surface area (Å²) in [5.74, 6) is 0. The number of anilines is 3. The molecular formula is C9H13BrFN3. The molecule has 0 spiro atoms. The quantitative estimate of drug-likeness (QED) is 0.636. The molecule has 78 valence electrons. The first-order chi connectivity index (χ1) is 6.43. The molecule has 0 bridgehead atoms. The van der Waals surface area contributed by atoms with E-state index >= 15 is 0 Å². The summed E-state index contributed by atoms with van der Waals surface area (Å²) >= 11 is 3.24. The van der Waals surface area contributed by atoms with E-state index in [0.717, 1.165) is 0 Å². The van der Waals surface area contributed by atoms with Crippen LogP contribution in [0, 0.1) is 0 Å². The van der Waals surface area contributed by atoms with Gasteiger partial charge in [-0.05, 0) is 26.0 Å². The lowest BCUT2D eigenvalue weighted by molar-refractivity contribution is 0.393. The van der Waals surface area contributed by atoms with Crippen molar-refractivity contribution in [3.63, 3.8) is 0 Å². The Morgan fingerprint density at radius 3 is 2.43 bits per heavy atom. The lowest BCUT2D eigenvalue weighted by Crippen LogP contribution is -2.22. The maximum Gasteiger partial charge on any atom is 0.0952 e. The van der Waals surface area contributed by atoms with Crippen molar-refractivity contribution in [3.8, 4) is 0 Å². The van der Waals surface area contributed by atoms with Gasteiger partial charge in [0, 0.05) is 4.47 Å². The largest absolute Gasteiger partial charge is 0.397 e. The van der Waals surface area contributed by atoms with Crippen LogP contribution >= 0.6 is 15.9 Å². The van der Waals surface area contributed by atoms with Gasteiger partial charge < -0.3 is 11.5 Å². The van der Waals surface area contributed by atoms with Crippen molar-refractivity contribution in [2.45, 2.75) is 19.9 Å². The standard InChI is InChI=1S/C9H13BrFN3/c1-5(2)14(11)8-4-6(10)3-7(12)9(8)13/h3-5H,12-13H2,1-2H3. The zero-order valence-corrected chi connectivity index (χ0v) is 9.68. The van der Waals surface area contributed by atoms with Crippen molar-refractivity contribution >= 4 is 33.0 Å². The fourth-order valence-electron chi connectivity index (χ4n) is 1.08. The first kappa shape index (κ1) is 11.1. The Morgan fingerprint density at radius 1 is 1.36 bits per heavy atom. The van der Waals surface area contributed by atoms with Crippen LogP contribution in [0.3, 0.4) is 0 Å². The summed E-state index contributed by atoms with van der Waals surface area (Å²) in [5, 5.41) is 0.594. The first-order valence-electron chi connectivity index (χ1n) is 4.23. The van der Waals surface area contributed by atoms with Gasteiger partial charge in [-0.1, -0.05) is 20.4 Å². The number of nitrogen functional groups attached to an aromatic ring is 2. The molecule has 3 nitrogen and oxygen atoms in total. The Balaban J connectivity index is 3.20. The summed E-state index contributed by atoms with van der Waals surface area (Å²) in [4.78, 5) is 0. The van der Waals surface area contributed by atoms with Crippen LogP contribution < -0.4 is 16.6 Å². The van der Waals surface area contributed by atoms with Crippen LogP contribution in [0.15, 0.2) is 16.6 Å². The van der Waals surface area contributed by atoms with Crippen LogP contribution in [0.4, 0.5) is 21.5 Å². The highest BCUT2D eigenvalue weighted by molar-refractivity contribution is 9.10. The van der Waals surface area contributed by atoms with Crippen LogP contribution in [0.2, 0.25) is 0 Å². The highest BCUT2D eigenvalue weighted by Gasteiger charge is 2.15. The lowest BCUT2D eigenvalue weighted by Gasteiger charge is -2.20. The zero-order chi connectivity index (χ0) is 10.9. The normalized spacial score (nSPS) is 10.6. The average Bonchev–Trinajstić information content (AvgIpc) is 2.09. The van der Waals surface area contributed by atoms with Crippen molar-refractivity contribution in [1.29, 1.82) is 0 Å². The molecule has 0 aromatic heterocycles. The van der Waals surface area contributed by atoms with Gasteiger partial charge in [0.1, 0.15) is 0 Å². The molecule has 0 atom stereocenters. The SMILES string of the molecule is CC(C)N(F)c1cc(Br)cc(N)c1N. The fraction of sp³-hybridized carbons (Fsp3) is 0.333. The van der Waals surface area contributed by atoms with Crippen molar-refractivity contribution in [2.75, 3.05) is 16.6 Å². The van der Waals surface area contributed by atoms with Crippen molar-refractivity contribution in [3.05, 3.63) is 16.6 Å². The second kappa shape index (κ2) is 4.04. The number of hydrogen-bond donors (Lipinski definition) is 2. The molecule has 0 saturated carbocycles. The third-order valence-electron chi connectivity index (χ3n) is 1.84. The van der Waals surface area contributed by atoms with Crippen LogP contribution in [0.1, 0.15) is 13.8 Å². The van der Waals surface area contributed by atoms with E-state index < -0.39 is 0 Å². The minimum absolute atomic E-state index is 0.268. The maximum atomic E-state index is 13.6. The molecule has 0 aliphatic heterocycles. The maximum absolute atomic E-state index is 13.6. The zero-order valence-electron chi connectivity index (χ0n) is 8.09. The molecule has 0 saturated heterocycles. The van der Waals surface area contributed by atoms with Gasteiger partial charge in [-0.25, -0.2) is 5.12 Å². The molecular weight excluding hydrogens is 249 g/mol. The summed E-state index contributed by atoms with van der Waals surface area (Å²) < 4.78 is 14.3. The van der Waals surface area contributed by atoms with Gasteiger partial charge in [0.15, 0.2) is 0 Å². The summed E-state index contributed by atoms with van der Waals surface area (Å²) in [6, 6.07) is 2.98. The highest BCUT2D eigenvalue weighted by atomic mass is 79.9. The molecule has 0 aliphatic rings. The lowest BCUT2D eigenvalue weighted by atomic mass is 10.2. The van der Waals surface area contributed by atoms with E-state index in [4.69, 9.17) is 11.5 Å². The summed E-state index contributed by atoms with van der Waals surface area (Å²) in [7, 11) is 0. The number of rotatable bonds is 2. The van der Waals surface area contributed by atoms with Crippen molar-refractivity contribution in [1.82, 2.24) is 0 Å². The minimum Gasteiger partial charge on any atom is -0.397 e. The third-order valence-corrected chi connectivity index (χ3v) is 2.30. The van der Waals surface area contributed by atoms with Gasteiger partial charge in [-0.2, -0.15) is 0 Å². The molecule has 0 heterocycles. The average molecular weight is 262 g/mol. The molecule has 0 aliphatic carbocycles. The molecule has 14 heavy (non-hydrogen) atoms. The minimum atomic E-state index is -0.272. The Morgan fingerprint density at radius 2 is 1.93 bits per heavy atom. The predicted molar refractivity (Wildman–Crippen MR) is 61.7 cm³/mol. The second-order valence-corrected chi connectivity index (χ2v) is 4.25. The first-order valence-corrected chi connectivity index (χ1v) is 5.02. The molecule has 1 aromatic rings. The smallest absolute Gasteiger partial charge is 0.0952 e. The fourth-order valence-corrected chi connectivity index (χ4v) is 1.54. The van der Waals surface area contributed by atoms with Crippen LogP contribution in [-0.2, 0) is 0 Å². The number of benzene rings is 1. The molecule has 5 heteroatoms. The van der Waals surface area contributed by atoms with Gasteiger partial charge in [-0.3, -0.25) is 0 Å². The van der Waals surface area contributed by atoms with E-state index in [1.54, 1.807) is 26.0 Å². The van der Waals surface area contributed by atoms with E-state index in [-0.39, 0.29) is 11.7 Å². The monoisotopic (exact) mass is 261 g/mol. The Hall–Kier alpha value is -0.970. The molecule has 4 N–H and O–H groups in total. The van der Waals surface area contributed by atoms with E-state index in [9.17, 15) is 4.48 Å². The van der Waals surface area contributed by atoms with Crippen LogP contribution in [0.5, 0.6) is 0 Å². The second-order valence-electron chi connectivity index (χ2n) is 3.33. The molecule has 1 aromatic carbocycles. The van der Waals surface area contributed by atoms with Gasteiger partial charge in [0.25, 0.3) is 0 Å². The number of halogens is 2. The molecule has 0 fully saturated rings. The molecule has 0 radical (unpaired) electrons. The Bertz CT molecular complexity index is 341. The summed E-state index contributed by atoms with van der Waals surface area (Å²) in [6.45, 7) is 3.47. The number of nitrogens with zero attached hydrogens (tertiary/aromatic N) is 1. The van der Waals surface area contributed by atoms with E-state index in [2.05, 4.69) is 15.9 Å². The van der Waals surface area contributed by atoms with Crippen molar-refractivity contribution < 1.29 is 4.48 Å². The van der Waals surface area contributed by atoms with E-state index in [0.29, 0.717) is 21.0 Å². The van der Waals surface area contributed by atoms with Crippen LogP contribution in [-0.4, -0.2) is 6.04 Å². The van der Waals surface area contributed by atoms with Gasteiger partial charge in [0.2, 0.25) is 0 Å². The highest BCUT2D eigenvalue weighted by Crippen LogP contribution is 2.33. The van der Waals surface area contributed by atoms with Crippen LogP contribution in [0.25, 0.3) is 0 Å². The molecule has 0 unspecified atom stereocenters. The van der Waals surface area contributed by atoms with Gasteiger partial charge >= 0.3 is 0 Å². The van der Waals surface area contributed by atoms with E-state index in [1.165, 1.54) is 0 Å². The number of hydrogen-bond acceptors (Lipinski definition) is 3. The molecule has 1 rings (SSSR count). The third kappa shape index (κ3) is 2.09.